The highest BCUT2D eigenvalue weighted by Gasteiger charge is 2.20. The van der Waals surface area contributed by atoms with Gasteiger partial charge in [-0.15, -0.1) is 0 Å². The molecule has 13 heavy (non-hydrogen) atoms. The van der Waals surface area contributed by atoms with Crippen molar-refractivity contribution in [1.82, 2.24) is 0 Å². The van der Waals surface area contributed by atoms with Crippen LogP contribution in [0.5, 0.6) is 0 Å². The Hall–Kier alpha value is -0.915. The van der Waals surface area contributed by atoms with Crippen LogP contribution in [-0.2, 0) is 6.54 Å². The Bertz CT molecular complexity index is 341. The molecule has 0 aliphatic carbocycles. The Morgan fingerprint density at radius 1 is 1.46 bits per heavy atom. The van der Waals surface area contributed by atoms with E-state index in [9.17, 15) is 0 Å². The standard InChI is InChI=1S/C11H16BN/c1-6(2)10-8-5-13-9(8)4-7(3)11(10)12/h4,6,13H,5,12H2,1-3H3. The minimum Gasteiger partial charge on any atom is -0.381 e. The fraction of sp³-hybridized carbons (Fsp3) is 0.455. The van der Waals surface area contributed by atoms with E-state index in [4.69, 9.17) is 0 Å². The average molecular weight is 173 g/mol. The SMILES string of the molecule is Bc1c(C)cc2c(c1C(C)C)CN2. The van der Waals surface area contributed by atoms with E-state index >= 15 is 0 Å². The number of fused-ring (bicyclic) bond motifs is 1. The minimum atomic E-state index is 0.649. The highest BCUT2D eigenvalue weighted by atomic mass is 14.9. The Balaban J connectivity index is 2.64. The van der Waals surface area contributed by atoms with E-state index in [1.165, 1.54) is 22.3 Å². The molecular formula is C11H16BN. The molecule has 0 spiro atoms. The second-order valence-corrected chi connectivity index (χ2v) is 4.27. The Morgan fingerprint density at radius 2 is 2.15 bits per heavy atom. The first-order valence-electron chi connectivity index (χ1n) is 4.98. The third-order valence-corrected chi connectivity index (χ3v) is 3.04. The van der Waals surface area contributed by atoms with Crippen molar-refractivity contribution >= 4 is 19.0 Å². The Morgan fingerprint density at radius 3 is 2.62 bits per heavy atom. The van der Waals surface area contributed by atoms with Gasteiger partial charge in [-0.1, -0.05) is 24.9 Å². The van der Waals surface area contributed by atoms with Crippen molar-refractivity contribution in [2.45, 2.75) is 33.2 Å². The zero-order valence-electron chi connectivity index (χ0n) is 8.86. The molecule has 0 bridgehead atoms. The Labute approximate surface area is 81.0 Å². The maximum Gasteiger partial charge on any atom is 0.140 e. The summed E-state index contributed by atoms with van der Waals surface area (Å²) in [4.78, 5) is 0. The van der Waals surface area contributed by atoms with Crippen LogP contribution in [0.3, 0.4) is 0 Å². The molecule has 2 heteroatoms. The monoisotopic (exact) mass is 173 g/mol. The normalized spacial score (nSPS) is 13.5. The quantitative estimate of drug-likeness (QED) is 0.631. The largest absolute Gasteiger partial charge is 0.381 e. The third kappa shape index (κ3) is 1.16. The molecular weight excluding hydrogens is 157 g/mol. The van der Waals surface area contributed by atoms with Gasteiger partial charge in [0.25, 0.3) is 0 Å². The molecule has 0 saturated carbocycles. The lowest BCUT2D eigenvalue weighted by molar-refractivity contribution is 0.837. The van der Waals surface area contributed by atoms with Crippen molar-refractivity contribution < 1.29 is 0 Å². The van der Waals surface area contributed by atoms with Crippen molar-refractivity contribution in [2.75, 3.05) is 5.32 Å². The molecule has 1 N–H and O–H groups in total. The number of aryl methyl sites for hydroxylation is 1. The first kappa shape index (κ1) is 8.67. The minimum absolute atomic E-state index is 0.649. The summed E-state index contributed by atoms with van der Waals surface area (Å²) in [6.07, 6.45) is 0. The third-order valence-electron chi connectivity index (χ3n) is 3.04. The molecule has 0 unspecified atom stereocenters. The van der Waals surface area contributed by atoms with Crippen LogP contribution < -0.4 is 10.8 Å². The summed E-state index contributed by atoms with van der Waals surface area (Å²) in [6.45, 7) is 7.81. The van der Waals surface area contributed by atoms with Crippen LogP contribution in [0, 0.1) is 6.92 Å². The van der Waals surface area contributed by atoms with E-state index in [2.05, 4.69) is 40.0 Å². The zero-order valence-corrected chi connectivity index (χ0v) is 8.86. The van der Waals surface area contributed by atoms with E-state index in [0.29, 0.717) is 5.92 Å². The van der Waals surface area contributed by atoms with Gasteiger partial charge in [-0.25, -0.2) is 0 Å². The predicted octanol–water partition coefficient (Wildman–Crippen LogP) is 1.30. The average Bonchev–Trinajstić information content (AvgIpc) is 2.03. The lowest BCUT2D eigenvalue weighted by Crippen LogP contribution is -2.26. The summed E-state index contributed by atoms with van der Waals surface area (Å²) < 4.78 is 0. The number of nitrogens with one attached hydrogen (secondary N) is 1. The Kier molecular flexibility index (Phi) is 1.86. The summed E-state index contributed by atoms with van der Waals surface area (Å²) in [6, 6.07) is 2.26. The van der Waals surface area contributed by atoms with Crippen LogP contribution in [-0.4, -0.2) is 7.85 Å². The van der Waals surface area contributed by atoms with E-state index < -0.39 is 0 Å². The molecule has 0 amide bonds. The molecule has 1 aromatic rings. The van der Waals surface area contributed by atoms with Crippen LogP contribution in [0.1, 0.15) is 36.5 Å². The summed E-state index contributed by atoms with van der Waals surface area (Å²) >= 11 is 0. The summed E-state index contributed by atoms with van der Waals surface area (Å²) in [5.74, 6) is 0.649. The number of benzene rings is 1. The molecule has 1 nitrogen and oxygen atoms in total. The van der Waals surface area contributed by atoms with E-state index in [1.54, 1.807) is 5.56 Å². The maximum atomic E-state index is 3.35. The zero-order chi connectivity index (χ0) is 9.59. The van der Waals surface area contributed by atoms with Crippen molar-refractivity contribution in [3.8, 4) is 0 Å². The topological polar surface area (TPSA) is 12.0 Å². The number of hydrogen-bond donors (Lipinski definition) is 1. The molecule has 1 aliphatic rings. The van der Waals surface area contributed by atoms with Gasteiger partial charge in [-0.3, -0.25) is 0 Å². The molecule has 0 atom stereocenters. The predicted molar refractivity (Wildman–Crippen MR) is 60.8 cm³/mol. The summed E-state index contributed by atoms with van der Waals surface area (Å²) in [5.41, 5.74) is 7.35. The molecule has 1 aromatic carbocycles. The first-order chi connectivity index (χ1) is 6.11. The molecule has 0 saturated heterocycles. The van der Waals surface area contributed by atoms with Crippen LogP contribution in [0.25, 0.3) is 0 Å². The molecule has 1 aliphatic heterocycles. The molecule has 68 valence electrons. The van der Waals surface area contributed by atoms with Crippen LogP contribution in [0.4, 0.5) is 5.69 Å². The lowest BCUT2D eigenvalue weighted by atomic mass is 9.77. The van der Waals surface area contributed by atoms with Crippen molar-refractivity contribution in [3.05, 3.63) is 22.8 Å². The second-order valence-electron chi connectivity index (χ2n) is 4.27. The molecule has 2 rings (SSSR count). The van der Waals surface area contributed by atoms with Gasteiger partial charge >= 0.3 is 0 Å². The van der Waals surface area contributed by atoms with E-state index in [-0.39, 0.29) is 0 Å². The molecule has 1 heterocycles. The highest BCUT2D eigenvalue weighted by Crippen LogP contribution is 2.32. The van der Waals surface area contributed by atoms with E-state index in [0.717, 1.165) is 6.54 Å². The van der Waals surface area contributed by atoms with Crippen molar-refractivity contribution in [2.24, 2.45) is 0 Å². The van der Waals surface area contributed by atoms with Gasteiger partial charge in [0.05, 0.1) is 0 Å². The molecule has 0 radical (unpaired) electrons. The van der Waals surface area contributed by atoms with Gasteiger partial charge < -0.3 is 5.32 Å². The maximum absolute atomic E-state index is 3.35. The fourth-order valence-corrected chi connectivity index (χ4v) is 2.20. The summed E-state index contributed by atoms with van der Waals surface area (Å²) in [5, 5.41) is 3.35. The van der Waals surface area contributed by atoms with Crippen LogP contribution in [0.2, 0.25) is 0 Å². The lowest BCUT2D eigenvalue weighted by Gasteiger charge is -2.29. The van der Waals surface area contributed by atoms with Gasteiger partial charge in [0, 0.05) is 12.2 Å². The summed E-state index contributed by atoms with van der Waals surface area (Å²) in [7, 11) is 2.24. The molecule has 0 fully saturated rings. The number of hydrogen-bond acceptors (Lipinski definition) is 1. The van der Waals surface area contributed by atoms with Crippen molar-refractivity contribution in [1.29, 1.82) is 0 Å². The van der Waals surface area contributed by atoms with Crippen LogP contribution >= 0.6 is 0 Å². The number of rotatable bonds is 1. The van der Waals surface area contributed by atoms with Gasteiger partial charge in [0.2, 0.25) is 0 Å². The fourth-order valence-electron chi connectivity index (χ4n) is 2.20. The smallest absolute Gasteiger partial charge is 0.140 e. The second kappa shape index (κ2) is 2.79. The van der Waals surface area contributed by atoms with Gasteiger partial charge in [-0.2, -0.15) is 0 Å². The van der Waals surface area contributed by atoms with Crippen LogP contribution in [0.15, 0.2) is 6.07 Å². The number of anilines is 1. The first-order valence-corrected chi connectivity index (χ1v) is 4.98. The molecule has 0 aromatic heterocycles. The van der Waals surface area contributed by atoms with Gasteiger partial charge in [0.15, 0.2) is 0 Å². The van der Waals surface area contributed by atoms with Crippen molar-refractivity contribution in [3.63, 3.8) is 0 Å². The highest BCUT2D eigenvalue weighted by molar-refractivity contribution is 6.34. The van der Waals surface area contributed by atoms with E-state index in [1.807, 2.05) is 0 Å². The van der Waals surface area contributed by atoms with Gasteiger partial charge in [-0.05, 0) is 30.0 Å². The van der Waals surface area contributed by atoms with Gasteiger partial charge in [0.1, 0.15) is 7.85 Å².